The van der Waals surface area contributed by atoms with Gasteiger partial charge in [-0.05, 0) is 0 Å². The maximum atomic E-state index is 10.9. The molecule has 10 heavy (non-hydrogen) atoms. The summed E-state index contributed by atoms with van der Waals surface area (Å²) in [6, 6.07) is 0. The van der Waals surface area contributed by atoms with E-state index >= 15 is 0 Å². The van der Waals surface area contributed by atoms with Gasteiger partial charge in [-0.1, -0.05) is 0 Å². The van der Waals surface area contributed by atoms with Crippen LogP contribution in [0.15, 0.2) is 0 Å². The fourth-order valence-electron chi connectivity index (χ4n) is 0.784. The topological polar surface area (TPSA) is 26.3 Å². The molecule has 0 bridgehead atoms. The van der Waals surface area contributed by atoms with Crippen LogP contribution in [0.3, 0.4) is 0 Å². The van der Waals surface area contributed by atoms with Crippen LogP contribution in [0.2, 0.25) is 5.02 Å². The third kappa shape index (κ3) is 8.86. The molecule has 0 heterocycles. The monoisotopic (exact) mass is 262 g/mol. The van der Waals surface area contributed by atoms with Crippen LogP contribution in [0.1, 0.15) is 26.7 Å². The van der Waals surface area contributed by atoms with Crippen LogP contribution in [-0.4, -0.2) is 6.61 Å². The van der Waals surface area contributed by atoms with Gasteiger partial charge in [-0.25, -0.2) is 0 Å². The zero-order valence-corrected chi connectivity index (χ0v) is 11.4. The number of hydrogen-bond donors (Lipinski definition) is 0. The van der Waals surface area contributed by atoms with Gasteiger partial charge in [-0.3, -0.25) is 0 Å². The summed E-state index contributed by atoms with van der Waals surface area (Å²) in [5.74, 6) is 0. The first-order valence-corrected chi connectivity index (χ1v) is 8.30. The van der Waals surface area contributed by atoms with Crippen LogP contribution < -0.4 is 0 Å². The van der Waals surface area contributed by atoms with Crippen LogP contribution in [-0.2, 0) is 23.4 Å². The molecule has 0 aliphatic rings. The molecule has 0 rings (SSSR count). The summed E-state index contributed by atoms with van der Waals surface area (Å²) in [4.78, 5) is 0. The summed E-state index contributed by atoms with van der Waals surface area (Å²) in [5.41, 5.74) is 0. The van der Waals surface area contributed by atoms with Gasteiger partial charge < -0.3 is 0 Å². The predicted octanol–water partition coefficient (Wildman–Crippen LogP) is 2.70. The van der Waals surface area contributed by atoms with E-state index in [0.29, 0.717) is 6.61 Å². The standard InChI is InChI=1S/C4H9.C2H5O.BrH.O.Zn/c1-3-4-2;1-2-3;;;/h1,3-4H2,2H3;2H2,1H3;1H;;/q;-1;;;+1. The van der Waals surface area contributed by atoms with Gasteiger partial charge >= 0.3 is 61.7 Å². The van der Waals surface area contributed by atoms with E-state index < -0.39 is 16.3 Å². The minimum absolute atomic E-state index is 0. The fraction of sp³-hybridized carbons (Fsp3) is 1.00. The Morgan fingerprint density at radius 1 is 1.40 bits per heavy atom. The van der Waals surface area contributed by atoms with E-state index in [1.165, 1.54) is 0 Å². The van der Waals surface area contributed by atoms with Gasteiger partial charge in [0.05, 0.1) is 0 Å². The molecule has 0 aliphatic carbocycles. The molecule has 4 heteroatoms. The van der Waals surface area contributed by atoms with E-state index in [4.69, 9.17) is 3.56 Å². The van der Waals surface area contributed by atoms with Crippen LogP contribution in [0.5, 0.6) is 0 Å². The molecule has 0 aromatic heterocycles. The second-order valence-corrected chi connectivity index (χ2v) is 6.77. The minimum atomic E-state index is -2.56. The van der Waals surface area contributed by atoms with E-state index in [1.54, 1.807) is 0 Å². The molecule has 0 aliphatic heterocycles. The van der Waals surface area contributed by atoms with Crippen LogP contribution in [0.4, 0.5) is 0 Å². The average Bonchev–Trinajstić information content (AvgIpc) is 1.85. The second kappa shape index (κ2) is 9.86. The molecule has 2 nitrogen and oxygen atoms in total. The Morgan fingerprint density at radius 2 is 2.00 bits per heavy atom. The Morgan fingerprint density at radius 3 is 2.40 bits per heavy atom. The van der Waals surface area contributed by atoms with Crippen molar-refractivity contribution in [3.05, 3.63) is 0 Å². The second-order valence-electron chi connectivity index (χ2n) is 2.23. The van der Waals surface area contributed by atoms with Crippen molar-refractivity contribution in [2.75, 3.05) is 6.61 Å². The van der Waals surface area contributed by atoms with Crippen molar-refractivity contribution in [1.29, 1.82) is 0 Å². The SMILES string of the molecule is Br.CCC[CH2][Zn](=[O])[O]CC. The fourth-order valence-corrected chi connectivity index (χ4v) is 4.07. The predicted molar refractivity (Wildman–Crippen MR) is 42.3 cm³/mol. The molecule has 0 saturated heterocycles. The Balaban J connectivity index is 0. The van der Waals surface area contributed by atoms with E-state index in [2.05, 4.69) is 6.92 Å². The Kier molecular flexibility index (Phi) is 13.3. The van der Waals surface area contributed by atoms with Gasteiger partial charge in [-0.15, -0.1) is 17.0 Å². The van der Waals surface area contributed by atoms with E-state index in [-0.39, 0.29) is 17.0 Å². The van der Waals surface area contributed by atoms with Crippen LogP contribution in [0, 0.1) is 0 Å². The third-order valence-corrected chi connectivity index (χ3v) is 5.40. The zero-order valence-electron chi connectivity index (χ0n) is 6.76. The first-order valence-electron chi connectivity index (χ1n) is 3.78. The molecule has 0 saturated carbocycles. The van der Waals surface area contributed by atoms with Crippen molar-refractivity contribution in [3.8, 4) is 0 Å². The molecule has 0 fully saturated rings. The van der Waals surface area contributed by atoms with Gasteiger partial charge in [0.15, 0.2) is 0 Å². The first-order chi connectivity index (χ1) is 4.31. The quantitative estimate of drug-likeness (QED) is 0.714. The number of rotatable bonds is 5. The van der Waals surface area contributed by atoms with Crippen LogP contribution >= 0.6 is 17.0 Å². The normalized spacial score (nSPS) is 7.70. The summed E-state index contributed by atoms with van der Waals surface area (Å²) >= 11 is -2.56. The summed E-state index contributed by atoms with van der Waals surface area (Å²) in [6.07, 6.45) is 2.20. The Bertz CT molecular complexity index is 87.8. The van der Waals surface area contributed by atoms with Crippen molar-refractivity contribution in [3.63, 3.8) is 0 Å². The van der Waals surface area contributed by atoms with Crippen LogP contribution in [0.25, 0.3) is 0 Å². The van der Waals surface area contributed by atoms with Crippen molar-refractivity contribution in [2.24, 2.45) is 0 Å². The molecule has 0 unspecified atom stereocenters. The first kappa shape index (κ1) is 13.5. The Hall–Kier alpha value is 0.863. The van der Waals surface area contributed by atoms with Crippen molar-refractivity contribution >= 4 is 17.0 Å². The van der Waals surface area contributed by atoms with Crippen molar-refractivity contribution < 1.29 is 23.4 Å². The number of unbranched alkanes of at least 4 members (excludes halogenated alkanes) is 1. The molecule has 0 radical (unpaired) electrons. The van der Waals surface area contributed by atoms with Gasteiger partial charge in [0, 0.05) is 0 Å². The third-order valence-electron chi connectivity index (χ3n) is 1.32. The van der Waals surface area contributed by atoms with Gasteiger partial charge in [0.1, 0.15) is 0 Å². The van der Waals surface area contributed by atoms with E-state index in [0.717, 1.165) is 17.9 Å². The molecular weight excluding hydrogens is 249 g/mol. The van der Waals surface area contributed by atoms with E-state index in [1.807, 2.05) is 6.92 Å². The van der Waals surface area contributed by atoms with Crippen molar-refractivity contribution in [2.45, 2.75) is 31.7 Å². The van der Waals surface area contributed by atoms with Gasteiger partial charge in [-0.2, -0.15) is 0 Å². The molecule has 60 valence electrons. The number of hydrogen-bond acceptors (Lipinski definition) is 2. The van der Waals surface area contributed by atoms with E-state index in [9.17, 15) is 3.57 Å². The summed E-state index contributed by atoms with van der Waals surface area (Å²) in [6.45, 7) is 4.63. The molecule has 0 N–H and O–H groups in total. The zero-order chi connectivity index (χ0) is 7.11. The summed E-state index contributed by atoms with van der Waals surface area (Å²) in [5, 5.41) is 0.865. The molecular formula is C6H15BrO2Zn. The average molecular weight is 264 g/mol. The Labute approximate surface area is 78.7 Å². The number of halogens is 1. The molecule has 0 atom stereocenters. The van der Waals surface area contributed by atoms with Gasteiger partial charge in [0.25, 0.3) is 0 Å². The molecule has 0 aromatic carbocycles. The van der Waals surface area contributed by atoms with Crippen molar-refractivity contribution in [1.82, 2.24) is 0 Å². The summed E-state index contributed by atoms with van der Waals surface area (Å²) in [7, 11) is 0. The molecule has 0 spiro atoms. The molecule has 0 aromatic rings. The maximum absolute atomic E-state index is 10.9. The summed E-state index contributed by atoms with van der Waals surface area (Å²) < 4.78 is 15.9. The van der Waals surface area contributed by atoms with Gasteiger partial charge in [0.2, 0.25) is 0 Å². The molecule has 0 amide bonds.